The first kappa shape index (κ1) is 18.6. The minimum absolute atomic E-state index is 0.0439. The Morgan fingerprint density at radius 1 is 1.19 bits per heavy atom. The molecule has 1 fully saturated rings. The van der Waals surface area contributed by atoms with Crippen molar-refractivity contribution in [3.05, 3.63) is 59.2 Å². The van der Waals surface area contributed by atoms with E-state index in [2.05, 4.69) is 10.5 Å². The summed E-state index contributed by atoms with van der Waals surface area (Å²) >= 11 is 0. The van der Waals surface area contributed by atoms with Gasteiger partial charge in [0.2, 0.25) is 11.8 Å². The van der Waals surface area contributed by atoms with Crippen molar-refractivity contribution in [3.63, 3.8) is 0 Å². The van der Waals surface area contributed by atoms with Crippen molar-refractivity contribution in [2.75, 3.05) is 18.6 Å². The molecule has 2 aromatic carbocycles. The van der Waals surface area contributed by atoms with Crippen molar-refractivity contribution >= 4 is 23.7 Å². The lowest BCUT2D eigenvalue weighted by atomic mass is 10.1. The van der Waals surface area contributed by atoms with Gasteiger partial charge in [-0.2, -0.15) is 5.10 Å². The molecule has 6 nitrogen and oxygen atoms in total. The molecule has 0 bridgehead atoms. The quantitative estimate of drug-likeness (QED) is 0.654. The molecule has 2 aromatic rings. The minimum atomic E-state index is -0.410. The zero-order valence-corrected chi connectivity index (χ0v) is 15.7. The molecule has 0 saturated carbocycles. The molecule has 6 heteroatoms. The number of benzene rings is 2. The molecule has 1 aliphatic rings. The highest BCUT2D eigenvalue weighted by Crippen LogP contribution is 2.26. The third-order valence-electron chi connectivity index (χ3n) is 4.80. The smallest absolute Gasteiger partial charge is 0.245 e. The third kappa shape index (κ3) is 4.34. The van der Waals surface area contributed by atoms with Gasteiger partial charge in [0.25, 0.3) is 0 Å². The molecule has 1 atom stereocenters. The molecule has 1 N–H and O–H groups in total. The number of amides is 2. The summed E-state index contributed by atoms with van der Waals surface area (Å²) in [4.78, 5) is 26.4. The summed E-state index contributed by atoms with van der Waals surface area (Å²) in [5, 5.41) is 3.99. The van der Waals surface area contributed by atoms with Crippen LogP contribution in [0, 0.1) is 19.8 Å². The second-order valence-corrected chi connectivity index (χ2v) is 6.68. The SMILES string of the molecule is COc1ccc(/C=N\NC(=O)[C@H]2CC(=O)N(c3ccc(C)c(C)c3)C2)cc1. The topological polar surface area (TPSA) is 71.0 Å². The zero-order chi connectivity index (χ0) is 19.4. The molecule has 0 radical (unpaired) electrons. The molecule has 2 amide bonds. The second kappa shape index (κ2) is 8.03. The van der Waals surface area contributed by atoms with E-state index >= 15 is 0 Å². The molecular weight excluding hydrogens is 342 g/mol. The van der Waals surface area contributed by atoms with Gasteiger partial charge in [-0.05, 0) is 66.9 Å². The summed E-state index contributed by atoms with van der Waals surface area (Å²) in [7, 11) is 1.60. The number of hydrogen-bond donors (Lipinski definition) is 1. The Morgan fingerprint density at radius 3 is 2.59 bits per heavy atom. The third-order valence-corrected chi connectivity index (χ3v) is 4.80. The number of methoxy groups -OCH3 is 1. The van der Waals surface area contributed by atoms with Gasteiger partial charge >= 0.3 is 0 Å². The van der Waals surface area contributed by atoms with Crippen molar-refractivity contribution in [1.29, 1.82) is 0 Å². The van der Waals surface area contributed by atoms with Gasteiger partial charge < -0.3 is 9.64 Å². The lowest BCUT2D eigenvalue weighted by Crippen LogP contribution is -2.30. The van der Waals surface area contributed by atoms with Crippen LogP contribution in [0.4, 0.5) is 5.69 Å². The molecule has 0 aliphatic carbocycles. The Labute approximate surface area is 158 Å². The van der Waals surface area contributed by atoms with E-state index in [1.807, 2.05) is 56.3 Å². The fourth-order valence-electron chi connectivity index (χ4n) is 2.98. The van der Waals surface area contributed by atoms with Crippen LogP contribution in [-0.2, 0) is 9.59 Å². The average Bonchev–Trinajstić information content (AvgIpc) is 3.06. The van der Waals surface area contributed by atoms with Crippen LogP contribution < -0.4 is 15.1 Å². The van der Waals surface area contributed by atoms with Crippen LogP contribution in [-0.4, -0.2) is 31.7 Å². The lowest BCUT2D eigenvalue weighted by Gasteiger charge is -2.17. The van der Waals surface area contributed by atoms with Crippen molar-refractivity contribution in [2.24, 2.45) is 11.0 Å². The van der Waals surface area contributed by atoms with Gasteiger partial charge in [-0.15, -0.1) is 0 Å². The molecule has 140 valence electrons. The summed E-state index contributed by atoms with van der Waals surface area (Å²) in [6.07, 6.45) is 1.76. The van der Waals surface area contributed by atoms with E-state index in [9.17, 15) is 9.59 Å². The van der Waals surface area contributed by atoms with Gasteiger partial charge in [0.1, 0.15) is 5.75 Å². The van der Waals surface area contributed by atoms with Crippen LogP contribution in [0.25, 0.3) is 0 Å². The van der Waals surface area contributed by atoms with Crippen molar-refractivity contribution in [3.8, 4) is 5.75 Å². The largest absolute Gasteiger partial charge is 0.497 e. The number of hydrazone groups is 1. The van der Waals surface area contributed by atoms with Crippen molar-refractivity contribution in [2.45, 2.75) is 20.3 Å². The van der Waals surface area contributed by atoms with E-state index in [1.54, 1.807) is 18.2 Å². The summed E-state index contributed by atoms with van der Waals surface area (Å²) in [5.74, 6) is 0.0520. The van der Waals surface area contributed by atoms with Gasteiger partial charge in [0, 0.05) is 18.7 Å². The predicted molar refractivity (Wildman–Crippen MR) is 105 cm³/mol. The normalized spacial score (nSPS) is 16.8. The first-order valence-electron chi connectivity index (χ1n) is 8.82. The summed E-state index contributed by atoms with van der Waals surface area (Å²) in [5.41, 5.74) is 6.51. The van der Waals surface area contributed by atoms with Gasteiger partial charge in [-0.1, -0.05) is 6.07 Å². The first-order chi connectivity index (χ1) is 13.0. The molecule has 1 heterocycles. The zero-order valence-electron chi connectivity index (χ0n) is 15.7. The van der Waals surface area contributed by atoms with E-state index in [4.69, 9.17) is 4.74 Å². The maximum absolute atomic E-state index is 12.4. The van der Waals surface area contributed by atoms with Crippen LogP contribution in [0.1, 0.15) is 23.1 Å². The Bertz CT molecular complexity index is 875. The average molecular weight is 365 g/mol. The first-order valence-corrected chi connectivity index (χ1v) is 8.82. The highest BCUT2D eigenvalue weighted by atomic mass is 16.5. The van der Waals surface area contributed by atoms with Crippen LogP contribution in [0.3, 0.4) is 0 Å². The molecule has 0 aromatic heterocycles. The van der Waals surface area contributed by atoms with Gasteiger partial charge in [-0.25, -0.2) is 5.43 Å². The number of hydrogen-bond acceptors (Lipinski definition) is 4. The van der Waals surface area contributed by atoms with E-state index in [0.29, 0.717) is 6.54 Å². The molecule has 3 rings (SSSR count). The number of anilines is 1. The molecule has 27 heavy (non-hydrogen) atoms. The van der Waals surface area contributed by atoms with E-state index in [0.717, 1.165) is 22.6 Å². The fourth-order valence-corrected chi connectivity index (χ4v) is 2.98. The Kier molecular flexibility index (Phi) is 5.54. The predicted octanol–water partition coefficient (Wildman–Crippen LogP) is 2.82. The minimum Gasteiger partial charge on any atom is -0.497 e. The number of carbonyl (C=O) groups excluding carboxylic acids is 2. The summed E-state index contributed by atoms with van der Waals surface area (Å²) in [6.45, 7) is 4.41. The summed E-state index contributed by atoms with van der Waals surface area (Å²) < 4.78 is 5.10. The number of nitrogens with one attached hydrogen (secondary N) is 1. The standard InChI is InChI=1S/C21H23N3O3/c1-14-4-7-18(10-15(14)2)24-13-17(11-20(24)25)21(26)23-22-12-16-5-8-19(27-3)9-6-16/h4-10,12,17H,11,13H2,1-3H3,(H,23,26)/b22-12-/t17-/m0/s1. The maximum atomic E-state index is 12.4. The number of aryl methyl sites for hydroxylation is 2. The van der Waals surface area contributed by atoms with Crippen LogP contribution in [0.15, 0.2) is 47.6 Å². The van der Waals surface area contributed by atoms with Crippen molar-refractivity contribution < 1.29 is 14.3 Å². The molecule has 0 unspecified atom stereocenters. The van der Waals surface area contributed by atoms with E-state index < -0.39 is 5.92 Å². The van der Waals surface area contributed by atoms with Crippen LogP contribution in [0.5, 0.6) is 5.75 Å². The fraction of sp³-hybridized carbons (Fsp3) is 0.286. The highest BCUT2D eigenvalue weighted by Gasteiger charge is 2.35. The lowest BCUT2D eigenvalue weighted by molar-refractivity contribution is -0.126. The number of carbonyl (C=O) groups is 2. The molecule has 1 aliphatic heterocycles. The molecule has 0 spiro atoms. The van der Waals surface area contributed by atoms with Crippen LogP contribution in [0.2, 0.25) is 0 Å². The van der Waals surface area contributed by atoms with Crippen LogP contribution >= 0.6 is 0 Å². The maximum Gasteiger partial charge on any atom is 0.245 e. The number of ether oxygens (including phenoxy) is 1. The Morgan fingerprint density at radius 2 is 1.93 bits per heavy atom. The van der Waals surface area contributed by atoms with Gasteiger partial charge in [0.15, 0.2) is 0 Å². The van der Waals surface area contributed by atoms with E-state index in [1.165, 1.54) is 5.56 Å². The molecular formula is C21H23N3O3. The monoisotopic (exact) mass is 365 g/mol. The number of rotatable bonds is 5. The molecule has 1 saturated heterocycles. The summed E-state index contributed by atoms with van der Waals surface area (Å²) in [6, 6.07) is 13.2. The highest BCUT2D eigenvalue weighted by molar-refractivity contribution is 6.00. The van der Waals surface area contributed by atoms with Gasteiger partial charge in [0.05, 0.1) is 19.2 Å². The van der Waals surface area contributed by atoms with E-state index in [-0.39, 0.29) is 18.2 Å². The van der Waals surface area contributed by atoms with Gasteiger partial charge in [-0.3, -0.25) is 9.59 Å². The second-order valence-electron chi connectivity index (χ2n) is 6.68. The number of nitrogens with zero attached hydrogens (tertiary/aromatic N) is 2. The Balaban J connectivity index is 1.59. The van der Waals surface area contributed by atoms with Crippen molar-refractivity contribution in [1.82, 2.24) is 5.43 Å². The Hall–Kier alpha value is -3.15.